The normalized spacial score (nSPS) is 12.5. The van der Waals surface area contributed by atoms with Gasteiger partial charge in [0.2, 0.25) is 0 Å². The number of aromatic nitrogens is 1. The molecule has 8 heteroatoms. The largest absolute Gasteiger partial charge is 0.390 e. The summed E-state index contributed by atoms with van der Waals surface area (Å²) >= 11 is 0. The molecule has 0 spiro atoms. The Hall–Kier alpha value is -1.28. The van der Waals surface area contributed by atoms with Crippen LogP contribution in [-0.2, 0) is 9.84 Å². The first-order valence-corrected chi connectivity index (χ1v) is 6.53. The quantitative estimate of drug-likeness (QED) is 0.812. The van der Waals surface area contributed by atoms with E-state index in [2.05, 4.69) is 10.3 Å². The van der Waals surface area contributed by atoms with Gasteiger partial charge < -0.3 is 10.4 Å². The zero-order valence-corrected chi connectivity index (χ0v) is 9.84. The first-order chi connectivity index (χ1) is 7.76. The molecule has 0 saturated heterocycles. The van der Waals surface area contributed by atoms with Crippen molar-refractivity contribution in [2.45, 2.75) is 10.8 Å². The molecule has 96 valence electrons. The van der Waals surface area contributed by atoms with Crippen molar-refractivity contribution in [2.75, 3.05) is 24.7 Å². The van der Waals surface area contributed by atoms with E-state index >= 15 is 0 Å². The van der Waals surface area contributed by atoms with Gasteiger partial charge in [0.25, 0.3) is 5.92 Å². The van der Waals surface area contributed by atoms with E-state index in [9.17, 15) is 17.2 Å². The molecule has 0 aliphatic heterocycles. The Labute approximate surface area is 97.4 Å². The molecule has 0 amide bonds. The smallest absolute Gasteiger partial charge is 0.287 e. The van der Waals surface area contributed by atoms with Gasteiger partial charge in [0.15, 0.2) is 9.84 Å². The van der Waals surface area contributed by atoms with Crippen molar-refractivity contribution < 1.29 is 22.3 Å². The minimum atomic E-state index is -3.54. The molecule has 0 atom stereocenters. The first-order valence-electron chi connectivity index (χ1n) is 4.64. The molecule has 0 aromatic carbocycles. The Balaban J connectivity index is 2.93. The number of halogens is 2. The molecule has 1 heterocycles. The molecule has 0 aliphatic carbocycles. The molecule has 17 heavy (non-hydrogen) atoms. The molecule has 0 bridgehead atoms. The van der Waals surface area contributed by atoms with Gasteiger partial charge in [-0.05, 0) is 12.1 Å². The van der Waals surface area contributed by atoms with Crippen LogP contribution in [0.25, 0.3) is 0 Å². The highest BCUT2D eigenvalue weighted by molar-refractivity contribution is 7.90. The molecular weight excluding hydrogens is 254 g/mol. The lowest BCUT2D eigenvalue weighted by molar-refractivity contribution is -0.0373. The van der Waals surface area contributed by atoms with Crippen molar-refractivity contribution in [1.29, 1.82) is 0 Å². The van der Waals surface area contributed by atoms with Crippen LogP contribution in [-0.4, -0.2) is 43.8 Å². The van der Waals surface area contributed by atoms with Gasteiger partial charge in [0.05, 0.1) is 6.54 Å². The van der Waals surface area contributed by atoms with Gasteiger partial charge in [-0.2, -0.15) is 0 Å². The Bertz CT molecular complexity index is 491. The Morgan fingerprint density at radius 3 is 2.71 bits per heavy atom. The topological polar surface area (TPSA) is 79.3 Å². The second-order valence-corrected chi connectivity index (χ2v) is 5.47. The fraction of sp³-hybridized carbons (Fsp3) is 0.444. The highest BCUT2D eigenvalue weighted by Crippen LogP contribution is 2.20. The first kappa shape index (κ1) is 13.8. The third-order valence-electron chi connectivity index (χ3n) is 1.92. The van der Waals surface area contributed by atoms with Gasteiger partial charge >= 0.3 is 0 Å². The van der Waals surface area contributed by atoms with E-state index in [-0.39, 0.29) is 10.7 Å². The van der Waals surface area contributed by atoms with Crippen LogP contribution < -0.4 is 5.32 Å². The van der Waals surface area contributed by atoms with E-state index in [1.807, 2.05) is 0 Å². The van der Waals surface area contributed by atoms with Crippen LogP contribution in [0.1, 0.15) is 0 Å². The Morgan fingerprint density at radius 1 is 1.53 bits per heavy atom. The number of hydrogen-bond donors (Lipinski definition) is 2. The summed E-state index contributed by atoms with van der Waals surface area (Å²) in [5, 5.41) is 10.6. The van der Waals surface area contributed by atoms with Crippen LogP contribution in [0.2, 0.25) is 0 Å². The number of alkyl halides is 2. The summed E-state index contributed by atoms with van der Waals surface area (Å²) in [6.45, 7) is -2.20. The lowest BCUT2D eigenvalue weighted by atomic mass is 10.3. The summed E-state index contributed by atoms with van der Waals surface area (Å²) in [6, 6.07) is 2.66. The van der Waals surface area contributed by atoms with E-state index in [4.69, 9.17) is 5.11 Å². The van der Waals surface area contributed by atoms with E-state index in [1.165, 1.54) is 18.3 Å². The van der Waals surface area contributed by atoms with Gasteiger partial charge in [-0.25, -0.2) is 22.2 Å². The number of hydrogen-bond acceptors (Lipinski definition) is 5. The standard InChI is InChI=1S/C9H12F2N2O3S/c1-17(15,16)7-3-2-4-12-8(7)13-5-9(10,11)6-14/h2-4,14H,5-6H2,1H3,(H,12,13). The number of aliphatic hydroxyl groups is 1. The van der Waals surface area contributed by atoms with Crippen LogP contribution in [0.4, 0.5) is 14.6 Å². The fourth-order valence-corrected chi connectivity index (χ4v) is 1.89. The summed E-state index contributed by atoms with van der Waals surface area (Å²) in [5.74, 6) is -3.48. The number of anilines is 1. The van der Waals surface area contributed by atoms with Crippen molar-refractivity contribution in [1.82, 2.24) is 4.98 Å². The molecular formula is C9H12F2N2O3S. The van der Waals surface area contributed by atoms with Crippen molar-refractivity contribution in [3.05, 3.63) is 18.3 Å². The average Bonchev–Trinajstić information content (AvgIpc) is 2.26. The lowest BCUT2D eigenvalue weighted by Gasteiger charge is -2.15. The number of sulfone groups is 1. The number of aliphatic hydroxyl groups excluding tert-OH is 1. The predicted octanol–water partition coefficient (Wildman–Crippen LogP) is 0.525. The zero-order valence-electron chi connectivity index (χ0n) is 9.02. The second-order valence-electron chi connectivity index (χ2n) is 3.49. The molecule has 0 fully saturated rings. The summed E-state index contributed by atoms with van der Waals surface area (Å²) in [7, 11) is -3.54. The van der Waals surface area contributed by atoms with Gasteiger partial charge in [0.1, 0.15) is 17.3 Å². The molecule has 1 aromatic heterocycles. The molecule has 1 aromatic rings. The molecule has 0 radical (unpaired) electrons. The summed E-state index contributed by atoms with van der Waals surface area (Å²) < 4.78 is 48.2. The highest BCUT2D eigenvalue weighted by atomic mass is 32.2. The van der Waals surface area contributed by atoms with E-state index in [0.29, 0.717) is 0 Å². The minimum Gasteiger partial charge on any atom is -0.390 e. The minimum absolute atomic E-state index is 0.150. The van der Waals surface area contributed by atoms with E-state index in [0.717, 1.165) is 6.26 Å². The van der Waals surface area contributed by atoms with Crippen LogP contribution >= 0.6 is 0 Å². The Kier molecular flexibility index (Phi) is 3.99. The third kappa shape index (κ3) is 3.90. The van der Waals surface area contributed by atoms with Crippen LogP contribution in [0.5, 0.6) is 0 Å². The summed E-state index contributed by atoms with van der Waals surface area (Å²) in [5.41, 5.74) is 0. The summed E-state index contributed by atoms with van der Waals surface area (Å²) in [4.78, 5) is 3.52. The van der Waals surface area contributed by atoms with Crippen LogP contribution in [0, 0.1) is 0 Å². The van der Waals surface area contributed by atoms with Crippen molar-refractivity contribution in [3.63, 3.8) is 0 Å². The third-order valence-corrected chi connectivity index (χ3v) is 3.04. The van der Waals surface area contributed by atoms with Crippen LogP contribution in [0.3, 0.4) is 0 Å². The fourth-order valence-electron chi connectivity index (χ4n) is 1.09. The highest BCUT2D eigenvalue weighted by Gasteiger charge is 2.28. The van der Waals surface area contributed by atoms with E-state index < -0.39 is 28.9 Å². The van der Waals surface area contributed by atoms with Crippen molar-refractivity contribution in [2.24, 2.45) is 0 Å². The maximum atomic E-state index is 12.8. The lowest BCUT2D eigenvalue weighted by Crippen LogP contribution is -2.31. The molecule has 2 N–H and O–H groups in total. The maximum Gasteiger partial charge on any atom is 0.287 e. The molecule has 0 saturated carbocycles. The van der Waals surface area contributed by atoms with Crippen molar-refractivity contribution >= 4 is 15.7 Å². The van der Waals surface area contributed by atoms with Gasteiger partial charge in [-0.1, -0.05) is 0 Å². The predicted molar refractivity (Wildman–Crippen MR) is 57.9 cm³/mol. The SMILES string of the molecule is CS(=O)(=O)c1cccnc1NCC(F)(F)CO. The van der Waals surface area contributed by atoms with E-state index in [1.54, 1.807) is 0 Å². The molecule has 0 unspecified atom stereocenters. The number of nitrogens with zero attached hydrogens (tertiary/aromatic N) is 1. The van der Waals surface area contributed by atoms with Gasteiger partial charge in [-0.15, -0.1) is 0 Å². The monoisotopic (exact) mass is 266 g/mol. The second kappa shape index (κ2) is 4.92. The van der Waals surface area contributed by atoms with Gasteiger partial charge in [-0.3, -0.25) is 0 Å². The number of pyridine rings is 1. The number of rotatable bonds is 5. The summed E-state index contributed by atoms with van der Waals surface area (Å²) in [6.07, 6.45) is 2.24. The number of nitrogens with one attached hydrogen (secondary N) is 1. The zero-order chi connectivity index (χ0) is 13.1. The molecule has 0 aliphatic rings. The molecule has 5 nitrogen and oxygen atoms in total. The average molecular weight is 266 g/mol. The van der Waals surface area contributed by atoms with Gasteiger partial charge in [0, 0.05) is 12.5 Å². The molecule has 1 rings (SSSR count). The maximum absolute atomic E-state index is 12.8. The Morgan fingerprint density at radius 2 is 2.18 bits per heavy atom. The van der Waals surface area contributed by atoms with Crippen molar-refractivity contribution in [3.8, 4) is 0 Å². The van der Waals surface area contributed by atoms with Crippen LogP contribution in [0.15, 0.2) is 23.2 Å².